The number of carbonyl (C=O) groups is 1. The number of halogens is 1. The van der Waals surface area contributed by atoms with Crippen LogP contribution in [-0.2, 0) is 11.2 Å². The Labute approximate surface area is 198 Å². The summed E-state index contributed by atoms with van der Waals surface area (Å²) in [7, 11) is 3.54. The first-order valence-corrected chi connectivity index (χ1v) is 11.1. The lowest BCUT2D eigenvalue weighted by Gasteiger charge is -2.36. The number of benzene rings is 1. The van der Waals surface area contributed by atoms with Gasteiger partial charge in [0.25, 0.3) is 0 Å². The van der Waals surface area contributed by atoms with Gasteiger partial charge in [-0.1, -0.05) is 43.2 Å². The Kier molecular flexibility index (Phi) is 10.9. The van der Waals surface area contributed by atoms with Gasteiger partial charge in [-0.15, -0.1) is 24.0 Å². The molecule has 0 radical (unpaired) electrons. The first-order chi connectivity index (χ1) is 14.1. The molecule has 168 valence electrons. The fraction of sp³-hybridized carbons (Fsp3) is 0.652. The number of rotatable bonds is 7. The van der Waals surface area contributed by atoms with Gasteiger partial charge >= 0.3 is 0 Å². The number of hydrogen-bond donors (Lipinski definition) is 2. The second-order valence-electron chi connectivity index (χ2n) is 8.51. The molecule has 1 aliphatic carbocycles. The number of carbonyl (C=O) groups excluding carboxylic acids is 1. The molecule has 2 aliphatic rings. The van der Waals surface area contributed by atoms with Gasteiger partial charge in [-0.3, -0.25) is 4.79 Å². The normalized spacial score (nSPS) is 18.7. The summed E-state index contributed by atoms with van der Waals surface area (Å²) in [6.07, 6.45) is 8.74. The fourth-order valence-electron chi connectivity index (χ4n) is 4.28. The average Bonchev–Trinajstić information content (AvgIpc) is 3.27. The number of piperidine rings is 1. The molecule has 2 fully saturated rings. The monoisotopic (exact) mass is 527 g/mol. The van der Waals surface area contributed by atoms with E-state index in [0.717, 1.165) is 50.9 Å². The Morgan fingerprint density at radius 1 is 1.10 bits per heavy atom. The van der Waals surface area contributed by atoms with Gasteiger partial charge in [0, 0.05) is 45.8 Å². The van der Waals surface area contributed by atoms with Gasteiger partial charge in [-0.25, -0.2) is 4.99 Å². The van der Waals surface area contributed by atoms with Crippen LogP contribution in [0.2, 0.25) is 0 Å². The summed E-state index contributed by atoms with van der Waals surface area (Å²) in [6.45, 7) is 3.30. The Balaban J connectivity index is 0.00000320. The Morgan fingerprint density at radius 2 is 1.77 bits per heavy atom. The fourth-order valence-corrected chi connectivity index (χ4v) is 4.28. The predicted molar refractivity (Wildman–Crippen MR) is 135 cm³/mol. The molecule has 0 aromatic heterocycles. The zero-order chi connectivity index (χ0) is 20.5. The summed E-state index contributed by atoms with van der Waals surface area (Å²) >= 11 is 0. The van der Waals surface area contributed by atoms with Crippen LogP contribution in [0.15, 0.2) is 35.3 Å². The lowest BCUT2D eigenvalue weighted by molar-refractivity contribution is -0.127. The molecular weight excluding hydrogens is 489 g/mol. The number of hydrogen-bond acceptors (Lipinski definition) is 3. The van der Waals surface area contributed by atoms with Gasteiger partial charge < -0.3 is 20.4 Å². The van der Waals surface area contributed by atoms with Crippen LogP contribution in [-0.4, -0.2) is 74.0 Å². The molecule has 1 aliphatic heterocycles. The highest BCUT2D eigenvalue weighted by Gasteiger charge is 2.27. The number of likely N-dealkylation sites (tertiary alicyclic amines) is 1. The van der Waals surface area contributed by atoms with Crippen LogP contribution in [0.5, 0.6) is 0 Å². The lowest BCUT2D eigenvalue weighted by atomic mass is 10.0. The molecule has 0 unspecified atom stereocenters. The molecule has 1 heterocycles. The molecule has 3 rings (SSSR count). The number of nitrogens with zero attached hydrogens (tertiary/aromatic N) is 3. The number of likely N-dealkylation sites (N-methyl/N-ethyl adjacent to an activating group) is 1. The highest BCUT2D eigenvalue weighted by atomic mass is 127. The highest BCUT2D eigenvalue weighted by molar-refractivity contribution is 14.0. The summed E-state index contributed by atoms with van der Waals surface area (Å²) < 4.78 is 0. The molecule has 1 saturated carbocycles. The van der Waals surface area contributed by atoms with Gasteiger partial charge in [0.2, 0.25) is 5.91 Å². The van der Waals surface area contributed by atoms with Crippen molar-refractivity contribution >= 4 is 35.8 Å². The van der Waals surface area contributed by atoms with Crippen molar-refractivity contribution < 1.29 is 4.79 Å². The maximum atomic E-state index is 12.0. The van der Waals surface area contributed by atoms with E-state index in [1.807, 2.05) is 6.07 Å². The first-order valence-electron chi connectivity index (χ1n) is 11.1. The van der Waals surface area contributed by atoms with E-state index in [1.54, 1.807) is 19.0 Å². The van der Waals surface area contributed by atoms with Crippen molar-refractivity contribution in [3.63, 3.8) is 0 Å². The maximum Gasteiger partial charge on any atom is 0.243 e. The summed E-state index contributed by atoms with van der Waals surface area (Å²) in [4.78, 5) is 20.8. The quantitative estimate of drug-likeness (QED) is 0.326. The van der Waals surface area contributed by atoms with E-state index in [9.17, 15) is 4.79 Å². The summed E-state index contributed by atoms with van der Waals surface area (Å²) in [5.74, 6) is 0.778. The van der Waals surface area contributed by atoms with E-state index in [0.29, 0.717) is 6.04 Å². The Hall–Kier alpha value is -1.35. The van der Waals surface area contributed by atoms with E-state index in [2.05, 4.69) is 44.8 Å². The SMILES string of the molecule is CN(C)C(=O)CN=C(NCCc1ccccc1)NC1CCN(C2CCCC2)CC1.I. The van der Waals surface area contributed by atoms with Crippen LogP contribution in [0.4, 0.5) is 0 Å². The number of guanidine groups is 1. The minimum atomic E-state index is 0. The van der Waals surface area contributed by atoms with E-state index in [4.69, 9.17) is 0 Å². The maximum absolute atomic E-state index is 12.0. The Bertz CT molecular complexity index is 653. The second kappa shape index (κ2) is 13.1. The van der Waals surface area contributed by atoms with Crippen molar-refractivity contribution in [3.8, 4) is 0 Å². The lowest BCUT2D eigenvalue weighted by Crippen LogP contribution is -2.50. The smallest absolute Gasteiger partial charge is 0.243 e. The van der Waals surface area contributed by atoms with Crippen molar-refractivity contribution in [2.45, 2.75) is 57.0 Å². The van der Waals surface area contributed by atoms with Crippen LogP contribution >= 0.6 is 24.0 Å². The van der Waals surface area contributed by atoms with Gasteiger partial charge in [0.15, 0.2) is 5.96 Å². The molecule has 0 atom stereocenters. The summed E-state index contributed by atoms with van der Waals surface area (Å²) in [6, 6.07) is 11.7. The third kappa shape index (κ3) is 8.06. The van der Waals surface area contributed by atoms with E-state index in [1.165, 1.54) is 31.2 Å². The van der Waals surface area contributed by atoms with Crippen LogP contribution in [0.1, 0.15) is 44.1 Å². The van der Waals surface area contributed by atoms with E-state index >= 15 is 0 Å². The van der Waals surface area contributed by atoms with Crippen LogP contribution in [0.3, 0.4) is 0 Å². The zero-order valence-electron chi connectivity index (χ0n) is 18.5. The number of amides is 1. The predicted octanol–water partition coefficient (Wildman–Crippen LogP) is 2.88. The third-order valence-corrected chi connectivity index (χ3v) is 6.13. The molecule has 2 N–H and O–H groups in total. The van der Waals surface area contributed by atoms with Crippen LogP contribution in [0.25, 0.3) is 0 Å². The third-order valence-electron chi connectivity index (χ3n) is 6.13. The minimum absolute atomic E-state index is 0. The standard InChI is InChI=1S/C23H37N5O.HI/c1-27(2)22(29)18-25-23(24-15-12-19-8-4-3-5-9-19)26-20-13-16-28(17-14-20)21-10-6-7-11-21;/h3-5,8-9,20-21H,6-7,10-18H2,1-2H3,(H2,24,25,26);1H. The van der Waals surface area contributed by atoms with Crippen molar-refractivity contribution in [1.29, 1.82) is 0 Å². The molecule has 0 spiro atoms. The van der Waals surface area contributed by atoms with Crippen molar-refractivity contribution in [1.82, 2.24) is 20.4 Å². The van der Waals surface area contributed by atoms with Crippen molar-refractivity contribution in [2.24, 2.45) is 4.99 Å². The molecule has 7 heteroatoms. The molecule has 1 aromatic carbocycles. The molecule has 1 saturated heterocycles. The van der Waals surface area contributed by atoms with Crippen LogP contribution in [0, 0.1) is 0 Å². The number of nitrogens with one attached hydrogen (secondary N) is 2. The zero-order valence-corrected chi connectivity index (χ0v) is 20.8. The molecule has 6 nitrogen and oxygen atoms in total. The number of aliphatic imine (C=N–C) groups is 1. The second-order valence-corrected chi connectivity index (χ2v) is 8.51. The molecule has 1 amide bonds. The van der Waals surface area contributed by atoms with Crippen molar-refractivity contribution in [3.05, 3.63) is 35.9 Å². The summed E-state index contributed by atoms with van der Waals surface area (Å²) in [5, 5.41) is 7.02. The topological polar surface area (TPSA) is 60.0 Å². The van der Waals surface area contributed by atoms with Gasteiger partial charge in [0.05, 0.1) is 0 Å². The minimum Gasteiger partial charge on any atom is -0.356 e. The largest absolute Gasteiger partial charge is 0.356 e. The van der Waals surface area contributed by atoms with Gasteiger partial charge in [-0.05, 0) is 37.7 Å². The first kappa shape index (κ1) is 24.9. The van der Waals surface area contributed by atoms with Crippen LogP contribution < -0.4 is 10.6 Å². The highest BCUT2D eigenvalue weighted by Crippen LogP contribution is 2.26. The van der Waals surface area contributed by atoms with Gasteiger partial charge in [-0.2, -0.15) is 0 Å². The van der Waals surface area contributed by atoms with E-state index in [-0.39, 0.29) is 36.4 Å². The van der Waals surface area contributed by atoms with Crippen molar-refractivity contribution in [2.75, 3.05) is 40.3 Å². The molecule has 30 heavy (non-hydrogen) atoms. The average molecular weight is 527 g/mol. The molecule has 1 aromatic rings. The molecule has 0 bridgehead atoms. The molecular formula is C23H38IN5O. The Morgan fingerprint density at radius 3 is 2.40 bits per heavy atom. The van der Waals surface area contributed by atoms with E-state index < -0.39 is 0 Å². The summed E-state index contributed by atoms with van der Waals surface area (Å²) in [5.41, 5.74) is 1.30. The van der Waals surface area contributed by atoms with Gasteiger partial charge in [0.1, 0.15) is 6.54 Å².